The number of ether oxygens (including phenoxy) is 1. The average Bonchev–Trinajstić information content (AvgIpc) is 2.19. The first-order valence-corrected chi connectivity index (χ1v) is 4.71. The molecule has 1 aromatic rings. The summed E-state index contributed by atoms with van der Waals surface area (Å²) >= 11 is 3.14. The Morgan fingerprint density at radius 2 is 2.00 bits per heavy atom. The van der Waals surface area contributed by atoms with Crippen molar-refractivity contribution < 1.29 is 9.53 Å². The molecular weight excluding hydrogens is 232 g/mol. The molecule has 0 radical (unpaired) electrons. The smallest absolute Gasteiger partial charge is 0.150 e. The average molecular weight is 241 g/mol. The summed E-state index contributed by atoms with van der Waals surface area (Å²) in [4.78, 5) is 12.1. The highest BCUT2D eigenvalue weighted by atomic mass is 79.9. The minimum atomic E-state index is 0.520. The van der Waals surface area contributed by atoms with Gasteiger partial charge in [0.15, 0.2) is 0 Å². The monoisotopic (exact) mass is 240 g/mol. The van der Waals surface area contributed by atoms with Gasteiger partial charge in [-0.3, -0.25) is 4.79 Å². The topological polar surface area (TPSA) is 26.3 Å². The van der Waals surface area contributed by atoms with Crippen LogP contribution in [0.25, 0.3) is 0 Å². The van der Waals surface area contributed by atoms with E-state index < -0.39 is 0 Å². The van der Waals surface area contributed by atoms with Gasteiger partial charge in [0.05, 0.1) is 0 Å². The van der Waals surface area contributed by atoms with Gasteiger partial charge in [0.25, 0.3) is 0 Å². The fourth-order valence-corrected chi connectivity index (χ4v) is 0.976. The van der Waals surface area contributed by atoms with Gasteiger partial charge < -0.3 is 4.74 Å². The third-order valence-electron chi connectivity index (χ3n) is 1.45. The van der Waals surface area contributed by atoms with E-state index in [-0.39, 0.29) is 0 Å². The first kappa shape index (κ1) is 9.99. The second kappa shape index (κ2) is 5.54. The Bertz CT molecular complexity index is 290. The van der Waals surface area contributed by atoms with Crippen LogP contribution in [-0.4, -0.2) is 12.9 Å². The van der Waals surface area contributed by atoms with Crippen molar-refractivity contribution in [2.45, 2.75) is 0 Å². The SMILES string of the molecule is O=Cc1ccc(OC/C=C\Br)cc1. The summed E-state index contributed by atoms with van der Waals surface area (Å²) in [6.45, 7) is 0.520. The van der Waals surface area contributed by atoms with E-state index in [1.165, 1.54) is 0 Å². The molecule has 1 aromatic carbocycles. The van der Waals surface area contributed by atoms with E-state index in [2.05, 4.69) is 15.9 Å². The molecule has 0 aliphatic carbocycles. The zero-order valence-corrected chi connectivity index (χ0v) is 8.53. The van der Waals surface area contributed by atoms with Crippen LogP contribution >= 0.6 is 15.9 Å². The Kier molecular flexibility index (Phi) is 4.26. The maximum atomic E-state index is 10.3. The van der Waals surface area contributed by atoms with Gasteiger partial charge in [-0.25, -0.2) is 0 Å². The van der Waals surface area contributed by atoms with E-state index in [0.717, 1.165) is 12.0 Å². The Balaban J connectivity index is 2.53. The summed E-state index contributed by atoms with van der Waals surface area (Å²) < 4.78 is 5.31. The van der Waals surface area contributed by atoms with Gasteiger partial charge >= 0.3 is 0 Å². The predicted molar refractivity (Wildman–Crippen MR) is 55.4 cm³/mol. The lowest BCUT2D eigenvalue weighted by atomic mass is 10.2. The number of carbonyl (C=O) groups is 1. The Morgan fingerprint density at radius 3 is 2.54 bits per heavy atom. The van der Waals surface area contributed by atoms with Gasteiger partial charge in [0.2, 0.25) is 0 Å². The van der Waals surface area contributed by atoms with Crippen molar-refractivity contribution in [3.63, 3.8) is 0 Å². The van der Waals surface area contributed by atoms with Gasteiger partial charge in [-0.1, -0.05) is 15.9 Å². The van der Waals surface area contributed by atoms with E-state index in [9.17, 15) is 4.79 Å². The minimum Gasteiger partial charge on any atom is -0.490 e. The molecule has 13 heavy (non-hydrogen) atoms. The Hall–Kier alpha value is -1.09. The molecule has 3 heteroatoms. The van der Waals surface area contributed by atoms with Crippen LogP contribution < -0.4 is 4.74 Å². The molecule has 0 unspecified atom stereocenters. The predicted octanol–water partition coefficient (Wildman–Crippen LogP) is 2.79. The van der Waals surface area contributed by atoms with Crippen LogP contribution in [0.4, 0.5) is 0 Å². The van der Waals surface area contributed by atoms with Crippen molar-refractivity contribution >= 4 is 22.2 Å². The standard InChI is InChI=1S/C10H9BrO2/c11-6-1-7-13-10-4-2-9(8-12)3-5-10/h1-6,8H,7H2/b6-1-. The number of halogens is 1. The van der Waals surface area contributed by atoms with Crippen molar-refractivity contribution in [2.75, 3.05) is 6.61 Å². The first-order valence-electron chi connectivity index (χ1n) is 3.80. The first-order chi connectivity index (χ1) is 6.36. The normalized spacial score (nSPS) is 10.2. The summed E-state index contributed by atoms with van der Waals surface area (Å²) in [5.41, 5.74) is 0.656. The maximum Gasteiger partial charge on any atom is 0.150 e. The summed E-state index contributed by atoms with van der Waals surface area (Å²) in [6, 6.07) is 6.98. The Morgan fingerprint density at radius 1 is 1.31 bits per heavy atom. The van der Waals surface area contributed by atoms with E-state index in [0.29, 0.717) is 12.2 Å². The second-order valence-corrected chi connectivity index (χ2v) is 2.89. The molecule has 0 aliphatic heterocycles. The third kappa shape index (κ3) is 3.42. The molecule has 0 saturated heterocycles. The number of hydrogen-bond donors (Lipinski definition) is 0. The highest BCUT2D eigenvalue weighted by Gasteiger charge is 1.91. The molecule has 0 spiro atoms. The molecular formula is C10H9BrO2. The lowest BCUT2D eigenvalue weighted by molar-refractivity contribution is 0.112. The lowest BCUT2D eigenvalue weighted by Gasteiger charge is -2.01. The van der Waals surface area contributed by atoms with Crippen molar-refractivity contribution in [3.05, 3.63) is 40.9 Å². The zero-order valence-electron chi connectivity index (χ0n) is 6.94. The number of aldehydes is 1. The molecule has 0 atom stereocenters. The highest BCUT2D eigenvalue weighted by molar-refractivity contribution is 9.11. The van der Waals surface area contributed by atoms with E-state index in [4.69, 9.17) is 4.74 Å². The van der Waals surface area contributed by atoms with Crippen molar-refractivity contribution in [2.24, 2.45) is 0 Å². The summed E-state index contributed by atoms with van der Waals surface area (Å²) in [5.74, 6) is 0.760. The lowest BCUT2D eigenvalue weighted by Crippen LogP contribution is -1.92. The van der Waals surface area contributed by atoms with Crippen LogP contribution in [0, 0.1) is 0 Å². The Labute approximate surface area is 85.3 Å². The van der Waals surface area contributed by atoms with Crippen LogP contribution in [0.15, 0.2) is 35.3 Å². The maximum absolute atomic E-state index is 10.3. The zero-order chi connectivity index (χ0) is 9.52. The molecule has 0 N–H and O–H groups in total. The van der Waals surface area contributed by atoms with E-state index in [1.54, 1.807) is 29.3 Å². The molecule has 0 amide bonds. The van der Waals surface area contributed by atoms with Gasteiger partial charge in [-0.15, -0.1) is 0 Å². The summed E-state index contributed by atoms with van der Waals surface area (Å²) in [7, 11) is 0. The molecule has 0 aliphatic rings. The number of hydrogen-bond acceptors (Lipinski definition) is 2. The fourth-order valence-electron chi connectivity index (χ4n) is 0.823. The van der Waals surface area contributed by atoms with Gasteiger partial charge in [-0.2, -0.15) is 0 Å². The van der Waals surface area contributed by atoms with Crippen LogP contribution in [0.2, 0.25) is 0 Å². The number of carbonyl (C=O) groups excluding carboxylic acids is 1. The quantitative estimate of drug-likeness (QED) is 0.757. The highest BCUT2D eigenvalue weighted by Crippen LogP contribution is 2.10. The summed E-state index contributed by atoms with van der Waals surface area (Å²) in [6.07, 6.45) is 2.65. The molecule has 0 heterocycles. The van der Waals surface area contributed by atoms with E-state index >= 15 is 0 Å². The molecule has 0 aromatic heterocycles. The molecule has 0 fully saturated rings. The van der Waals surface area contributed by atoms with Crippen molar-refractivity contribution in [1.29, 1.82) is 0 Å². The third-order valence-corrected chi connectivity index (χ3v) is 1.83. The molecule has 0 saturated carbocycles. The molecule has 0 bridgehead atoms. The van der Waals surface area contributed by atoms with Gasteiger partial charge in [0.1, 0.15) is 18.6 Å². The van der Waals surface area contributed by atoms with Crippen LogP contribution in [-0.2, 0) is 0 Å². The van der Waals surface area contributed by atoms with Crippen LogP contribution in [0.3, 0.4) is 0 Å². The van der Waals surface area contributed by atoms with Gasteiger partial charge in [0, 0.05) is 5.56 Å². The molecule has 68 valence electrons. The number of rotatable bonds is 4. The van der Waals surface area contributed by atoms with Crippen LogP contribution in [0.1, 0.15) is 10.4 Å². The van der Waals surface area contributed by atoms with E-state index in [1.807, 2.05) is 6.08 Å². The summed E-state index contributed by atoms with van der Waals surface area (Å²) in [5, 5.41) is 0. The minimum absolute atomic E-state index is 0.520. The van der Waals surface area contributed by atoms with Crippen LogP contribution in [0.5, 0.6) is 5.75 Å². The van der Waals surface area contributed by atoms with Gasteiger partial charge in [-0.05, 0) is 35.3 Å². The second-order valence-electron chi connectivity index (χ2n) is 2.36. The van der Waals surface area contributed by atoms with Crippen molar-refractivity contribution in [1.82, 2.24) is 0 Å². The molecule has 1 rings (SSSR count). The largest absolute Gasteiger partial charge is 0.490 e. The fraction of sp³-hybridized carbons (Fsp3) is 0.100. The van der Waals surface area contributed by atoms with Crippen molar-refractivity contribution in [3.8, 4) is 5.75 Å². The molecule has 2 nitrogen and oxygen atoms in total. The number of benzene rings is 1.